The van der Waals surface area contributed by atoms with Crippen LogP contribution in [0.4, 0.5) is 5.95 Å². The first kappa shape index (κ1) is 14.5. The Morgan fingerprint density at radius 2 is 2.24 bits per heavy atom. The Morgan fingerprint density at radius 1 is 1.53 bits per heavy atom. The van der Waals surface area contributed by atoms with Crippen molar-refractivity contribution in [3.63, 3.8) is 0 Å². The average Bonchev–Trinajstić information content (AvgIpc) is 2.31. The van der Waals surface area contributed by atoms with Gasteiger partial charge in [0.25, 0.3) is 0 Å². The van der Waals surface area contributed by atoms with E-state index in [0.29, 0.717) is 23.8 Å². The van der Waals surface area contributed by atoms with Crippen LogP contribution in [0.2, 0.25) is 0 Å². The maximum absolute atomic E-state index is 5.72. The molecule has 0 N–H and O–H groups in total. The molecule has 0 atom stereocenters. The van der Waals surface area contributed by atoms with Crippen molar-refractivity contribution in [1.29, 1.82) is 0 Å². The molecular formula is C11H17BrClN3O. The van der Waals surface area contributed by atoms with Crippen LogP contribution in [-0.4, -0.2) is 35.5 Å². The number of nitrogens with zero attached hydrogens (tertiary/aromatic N) is 3. The van der Waals surface area contributed by atoms with Crippen LogP contribution in [0.15, 0.2) is 10.7 Å². The number of methoxy groups -OCH3 is 1. The number of hydrogen-bond donors (Lipinski definition) is 0. The van der Waals surface area contributed by atoms with Crippen LogP contribution in [0.25, 0.3) is 0 Å². The Kier molecular flexibility index (Phi) is 5.98. The van der Waals surface area contributed by atoms with E-state index >= 15 is 0 Å². The van der Waals surface area contributed by atoms with Gasteiger partial charge >= 0.3 is 0 Å². The second-order valence-corrected chi connectivity index (χ2v) is 5.09. The third kappa shape index (κ3) is 4.00. The van der Waals surface area contributed by atoms with Gasteiger partial charge in [0, 0.05) is 18.5 Å². The van der Waals surface area contributed by atoms with Crippen molar-refractivity contribution in [2.75, 3.05) is 24.4 Å². The lowest BCUT2D eigenvalue weighted by Crippen LogP contribution is -2.33. The molecule has 0 saturated carbocycles. The van der Waals surface area contributed by atoms with Crippen molar-refractivity contribution in [2.24, 2.45) is 0 Å². The molecule has 0 radical (unpaired) electrons. The van der Waals surface area contributed by atoms with Gasteiger partial charge in [0.15, 0.2) is 0 Å². The summed E-state index contributed by atoms with van der Waals surface area (Å²) in [5.74, 6) is 1.85. The lowest BCUT2D eigenvalue weighted by Gasteiger charge is -2.26. The van der Waals surface area contributed by atoms with Gasteiger partial charge in [-0.25, -0.2) is 4.98 Å². The minimum atomic E-state index is 0.323. The molecule has 0 aliphatic rings. The molecule has 17 heavy (non-hydrogen) atoms. The molecule has 1 rings (SSSR count). The molecule has 0 amide bonds. The van der Waals surface area contributed by atoms with E-state index in [1.807, 2.05) is 0 Å². The summed E-state index contributed by atoms with van der Waals surface area (Å²) in [5, 5.41) is 0. The molecule has 96 valence electrons. The Morgan fingerprint density at radius 3 is 2.76 bits per heavy atom. The summed E-state index contributed by atoms with van der Waals surface area (Å²) in [6.45, 7) is 5.05. The number of hydrogen-bond acceptors (Lipinski definition) is 4. The van der Waals surface area contributed by atoms with Crippen LogP contribution in [0.3, 0.4) is 0 Å². The van der Waals surface area contributed by atoms with Gasteiger partial charge in [0.1, 0.15) is 0 Å². The normalized spacial score (nSPS) is 10.7. The quantitative estimate of drug-likeness (QED) is 0.754. The number of rotatable bonds is 6. The van der Waals surface area contributed by atoms with Crippen molar-refractivity contribution in [1.82, 2.24) is 9.97 Å². The highest BCUT2D eigenvalue weighted by Crippen LogP contribution is 2.24. The Labute approximate surface area is 115 Å². The highest BCUT2D eigenvalue weighted by atomic mass is 79.9. The van der Waals surface area contributed by atoms with E-state index in [4.69, 9.17) is 16.3 Å². The second-order valence-electron chi connectivity index (χ2n) is 3.86. The van der Waals surface area contributed by atoms with Crippen molar-refractivity contribution >= 4 is 33.5 Å². The zero-order chi connectivity index (χ0) is 12.8. The zero-order valence-corrected chi connectivity index (χ0v) is 12.6. The van der Waals surface area contributed by atoms with Crippen molar-refractivity contribution in [3.8, 4) is 5.88 Å². The topological polar surface area (TPSA) is 38.2 Å². The highest BCUT2D eigenvalue weighted by Gasteiger charge is 2.15. The van der Waals surface area contributed by atoms with Crippen LogP contribution in [-0.2, 0) is 0 Å². The van der Waals surface area contributed by atoms with E-state index in [-0.39, 0.29) is 0 Å². The standard InChI is InChI=1S/C11H17BrClN3O/c1-8(2)16(6-4-5-13)11-14-7-9(12)10(15-11)17-3/h7-8H,4-6H2,1-3H3. The van der Waals surface area contributed by atoms with Crippen molar-refractivity contribution in [3.05, 3.63) is 10.7 Å². The maximum atomic E-state index is 5.72. The molecule has 0 aliphatic heterocycles. The second kappa shape index (κ2) is 7.01. The van der Waals surface area contributed by atoms with E-state index in [1.165, 1.54) is 0 Å². The highest BCUT2D eigenvalue weighted by molar-refractivity contribution is 9.10. The van der Waals surface area contributed by atoms with Gasteiger partial charge in [-0.3, -0.25) is 0 Å². The first-order valence-corrected chi connectivity index (χ1v) is 6.82. The number of anilines is 1. The van der Waals surface area contributed by atoms with Gasteiger partial charge in [-0.15, -0.1) is 11.6 Å². The predicted molar refractivity (Wildman–Crippen MR) is 74.1 cm³/mol. The molecule has 0 spiro atoms. The monoisotopic (exact) mass is 321 g/mol. The molecular weight excluding hydrogens is 305 g/mol. The molecule has 0 aliphatic carbocycles. The summed E-state index contributed by atoms with van der Waals surface area (Å²) in [5.41, 5.74) is 0. The Hall–Kier alpha value is -0.550. The molecule has 6 heteroatoms. The SMILES string of the molecule is COc1nc(N(CCCCl)C(C)C)ncc1Br. The van der Waals surface area contributed by atoms with Crippen LogP contribution < -0.4 is 9.64 Å². The fourth-order valence-electron chi connectivity index (χ4n) is 1.44. The van der Waals surface area contributed by atoms with Gasteiger partial charge in [0.05, 0.1) is 17.8 Å². The number of aromatic nitrogens is 2. The van der Waals surface area contributed by atoms with Gasteiger partial charge in [-0.05, 0) is 36.2 Å². The molecule has 0 bridgehead atoms. The zero-order valence-electron chi connectivity index (χ0n) is 10.3. The lowest BCUT2D eigenvalue weighted by atomic mass is 10.3. The average molecular weight is 323 g/mol. The van der Waals surface area contributed by atoms with Gasteiger partial charge in [0.2, 0.25) is 11.8 Å². The number of halogens is 2. The lowest BCUT2D eigenvalue weighted by molar-refractivity contribution is 0.393. The summed E-state index contributed by atoms with van der Waals surface area (Å²) in [6.07, 6.45) is 2.61. The van der Waals surface area contributed by atoms with E-state index in [1.54, 1.807) is 13.3 Å². The van der Waals surface area contributed by atoms with Crippen LogP contribution in [0, 0.1) is 0 Å². The third-order valence-electron chi connectivity index (χ3n) is 2.31. The fraction of sp³-hybridized carbons (Fsp3) is 0.636. The largest absolute Gasteiger partial charge is 0.480 e. The summed E-state index contributed by atoms with van der Waals surface area (Å²) < 4.78 is 5.92. The smallest absolute Gasteiger partial charge is 0.232 e. The molecule has 0 saturated heterocycles. The first-order valence-electron chi connectivity index (χ1n) is 5.49. The fourth-order valence-corrected chi connectivity index (χ4v) is 1.92. The predicted octanol–water partition coefficient (Wildman–Crippen LogP) is 3.09. The van der Waals surface area contributed by atoms with Crippen LogP contribution in [0.5, 0.6) is 5.88 Å². The van der Waals surface area contributed by atoms with Crippen LogP contribution in [0.1, 0.15) is 20.3 Å². The van der Waals surface area contributed by atoms with E-state index in [9.17, 15) is 0 Å². The summed E-state index contributed by atoms with van der Waals surface area (Å²) in [7, 11) is 1.59. The van der Waals surface area contributed by atoms with Gasteiger partial charge in [-0.2, -0.15) is 4.98 Å². The van der Waals surface area contributed by atoms with Crippen LogP contribution >= 0.6 is 27.5 Å². The first-order chi connectivity index (χ1) is 8.10. The number of alkyl halides is 1. The molecule has 0 aromatic carbocycles. The van der Waals surface area contributed by atoms with Gasteiger partial charge < -0.3 is 9.64 Å². The molecule has 1 heterocycles. The molecule has 1 aromatic rings. The summed E-state index contributed by atoms with van der Waals surface area (Å²) in [6, 6.07) is 0.323. The Balaban J connectivity index is 2.93. The molecule has 0 fully saturated rings. The van der Waals surface area contributed by atoms with E-state index in [0.717, 1.165) is 17.4 Å². The summed E-state index contributed by atoms with van der Waals surface area (Å²) in [4.78, 5) is 10.8. The van der Waals surface area contributed by atoms with E-state index < -0.39 is 0 Å². The maximum Gasteiger partial charge on any atom is 0.232 e. The minimum Gasteiger partial charge on any atom is -0.480 e. The molecule has 0 unspecified atom stereocenters. The Bertz CT molecular complexity index is 363. The number of ether oxygens (including phenoxy) is 1. The molecule has 1 aromatic heterocycles. The van der Waals surface area contributed by atoms with E-state index in [2.05, 4.69) is 44.6 Å². The van der Waals surface area contributed by atoms with Gasteiger partial charge in [-0.1, -0.05) is 0 Å². The van der Waals surface area contributed by atoms with Crippen molar-refractivity contribution < 1.29 is 4.74 Å². The third-order valence-corrected chi connectivity index (χ3v) is 3.12. The summed E-state index contributed by atoms with van der Waals surface area (Å²) >= 11 is 9.06. The minimum absolute atomic E-state index is 0.323. The molecule has 4 nitrogen and oxygen atoms in total. The van der Waals surface area contributed by atoms with Crippen molar-refractivity contribution in [2.45, 2.75) is 26.3 Å².